The molecular weight excluding hydrogens is 270 g/mol. The van der Waals surface area contributed by atoms with Crippen molar-refractivity contribution in [2.24, 2.45) is 0 Å². The zero-order chi connectivity index (χ0) is 13.9. The molecule has 5 heteroatoms. The van der Waals surface area contributed by atoms with Crippen LogP contribution < -0.4 is 5.56 Å². The van der Waals surface area contributed by atoms with Crippen LogP contribution in [0.15, 0.2) is 46.6 Å². The van der Waals surface area contributed by atoms with Crippen molar-refractivity contribution < 1.29 is 0 Å². The highest BCUT2D eigenvalue weighted by Crippen LogP contribution is 2.14. The number of fused-ring (bicyclic) bond motifs is 1. The van der Waals surface area contributed by atoms with Crippen LogP contribution >= 0.6 is 11.3 Å². The molecule has 2 heterocycles. The van der Waals surface area contributed by atoms with Crippen LogP contribution in [0.2, 0.25) is 0 Å². The predicted octanol–water partition coefficient (Wildman–Crippen LogP) is 2.62. The Labute approximate surface area is 120 Å². The fraction of sp³-hybridized carbons (Fsp3) is 0.200. The molecule has 0 atom stereocenters. The molecule has 0 unspecified atom stereocenters. The lowest BCUT2D eigenvalue weighted by atomic mass is 10.2. The third-order valence-corrected chi connectivity index (χ3v) is 3.98. The first-order chi connectivity index (χ1) is 9.72. The summed E-state index contributed by atoms with van der Waals surface area (Å²) in [7, 11) is 2.02. The van der Waals surface area contributed by atoms with E-state index in [1.165, 1.54) is 16.9 Å². The Kier molecular flexibility index (Phi) is 3.62. The minimum Gasteiger partial charge on any atom is -0.308 e. The van der Waals surface area contributed by atoms with Gasteiger partial charge in [-0.1, -0.05) is 30.3 Å². The largest absolute Gasteiger partial charge is 0.308 e. The van der Waals surface area contributed by atoms with Gasteiger partial charge in [-0.2, -0.15) is 0 Å². The Hall–Kier alpha value is -1.98. The Bertz CT molecular complexity index is 763. The summed E-state index contributed by atoms with van der Waals surface area (Å²) in [6, 6.07) is 12.1. The van der Waals surface area contributed by atoms with Gasteiger partial charge in [0, 0.05) is 6.54 Å². The monoisotopic (exact) mass is 285 g/mol. The number of rotatable bonds is 4. The van der Waals surface area contributed by atoms with Gasteiger partial charge in [-0.3, -0.25) is 9.69 Å². The molecule has 0 radical (unpaired) electrons. The van der Waals surface area contributed by atoms with Gasteiger partial charge in [0.1, 0.15) is 10.5 Å². The van der Waals surface area contributed by atoms with Gasteiger partial charge in [0.15, 0.2) is 0 Å². The van der Waals surface area contributed by atoms with Crippen LogP contribution in [0, 0.1) is 0 Å². The topological polar surface area (TPSA) is 49.0 Å². The number of aromatic nitrogens is 2. The number of hydrogen-bond acceptors (Lipinski definition) is 4. The van der Waals surface area contributed by atoms with Gasteiger partial charge in [0.2, 0.25) is 0 Å². The van der Waals surface area contributed by atoms with Gasteiger partial charge in [-0.05, 0) is 24.1 Å². The molecule has 1 N–H and O–H groups in total. The smallest absolute Gasteiger partial charge is 0.268 e. The van der Waals surface area contributed by atoms with Crippen molar-refractivity contribution in [3.63, 3.8) is 0 Å². The lowest BCUT2D eigenvalue weighted by Crippen LogP contribution is -2.21. The molecule has 102 valence electrons. The molecule has 1 aromatic carbocycles. The van der Waals surface area contributed by atoms with E-state index < -0.39 is 0 Å². The highest BCUT2D eigenvalue weighted by atomic mass is 32.1. The maximum absolute atomic E-state index is 11.9. The number of thiophene rings is 1. The van der Waals surface area contributed by atoms with Crippen LogP contribution in [0.4, 0.5) is 0 Å². The molecule has 0 bridgehead atoms. The Morgan fingerprint density at radius 1 is 1.20 bits per heavy atom. The van der Waals surface area contributed by atoms with Crippen molar-refractivity contribution in [3.8, 4) is 0 Å². The summed E-state index contributed by atoms with van der Waals surface area (Å²) in [5.41, 5.74) is 1.98. The standard InChI is InChI=1S/C15H15N3OS/c1-18(9-11-5-3-2-4-6-11)10-13-16-12-7-8-20-14(12)15(19)17-13/h2-8H,9-10H2,1H3,(H,16,17,19). The van der Waals surface area contributed by atoms with E-state index in [1.54, 1.807) is 0 Å². The zero-order valence-corrected chi connectivity index (χ0v) is 12.0. The molecule has 0 spiro atoms. The minimum atomic E-state index is -0.0480. The molecular formula is C15H15N3OS. The number of aromatic amines is 1. The van der Waals surface area contributed by atoms with E-state index in [9.17, 15) is 4.79 Å². The zero-order valence-electron chi connectivity index (χ0n) is 11.2. The van der Waals surface area contributed by atoms with Crippen LogP contribution in [-0.2, 0) is 13.1 Å². The van der Waals surface area contributed by atoms with Gasteiger partial charge < -0.3 is 4.98 Å². The maximum atomic E-state index is 11.9. The highest BCUT2D eigenvalue weighted by molar-refractivity contribution is 7.17. The Morgan fingerprint density at radius 2 is 2.00 bits per heavy atom. The van der Waals surface area contributed by atoms with Crippen molar-refractivity contribution in [3.05, 3.63) is 63.5 Å². The lowest BCUT2D eigenvalue weighted by molar-refractivity contribution is 0.311. The second kappa shape index (κ2) is 5.56. The van der Waals surface area contributed by atoms with Gasteiger partial charge >= 0.3 is 0 Å². The molecule has 3 rings (SSSR count). The summed E-state index contributed by atoms with van der Waals surface area (Å²) >= 11 is 1.42. The number of nitrogens with zero attached hydrogens (tertiary/aromatic N) is 2. The fourth-order valence-electron chi connectivity index (χ4n) is 2.20. The SMILES string of the molecule is CN(Cc1ccccc1)Cc1nc2ccsc2c(=O)[nH]1. The van der Waals surface area contributed by atoms with Crippen LogP contribution in [0.25, 0.3) is 10.2 Å². The first kappa shape index (κ1) is 13.0. The molecule has 2 aromatic heterocycles. The van der Waals surface area contributed by atoms with E-state index in [0.29, 0.717) is 17.1 Å². The average molecular weight is 285 g/mol. The molecule has 3 aromatic rings. The molecule has 0 saturated heterocycles. The highest BCUT2D eigenvalue weighted by Gasteiger charge is 2.07. The summed E-state index contributed by atoms with van der Waals surface area (Å²) in [6.07, 6.45) is 0. The predicted molar refractivity (Wildman–Crippen MR) is 81.9 cm³/mol. The van der Waals surface area contributed by atoms with Gasteiger partial charge in [0.25, 0.3) is 5.56 Å². The van der Waals surface area contributed by atoms with Crippen LogP contribution in [0.1, 0.15) is 11.4 Å². The second-order valence-corrected chi connectivity index (χ2v) is 5.72. The number of H-pyrrole nitrogens is 1. The Balaban J connectivity index is 1.77. The summed E-state index contributed by atoms with van der Waals surface area (Å²) in [6.45, 7) is 1.45. The van der Waals surface area contributed by atoms with E-state index in [0.717, 1.165) is 12.1 Å². The van der Waals surface area contributed by atoms with Crippen molar-refractivity contribution >= 4 is 21.6 Å². The minimum absolute atomic E-state index is 0.0480. The molecule has 0 amide bonds. The van der Waals surface area contributed by atoms with Crippen molar-refractivity contribution in [1.29, 1.82) is 0 Å². The molecule has 0 aliphatic carbocycles. The number of hydrogen-bond donors (Lipinski definition) is 1. The van der Waals surface area contributed by atoms with Gasteiger partial charge in [-0.25, -0.2) is 4.98 Å². The summed E-state index contributed by atoms with van der Waals surface area (Å²) in [5, 5.41) is 1.89. The third kappa shape index (κ3) is 2.79. The van der Waals surface area contributed by atoms with E-state index in [4.69, 9.17) is 0 Å². The molecule has 0 aliphatic heterocycles. The van der Waals surface area contributed by atoms with E-state index in [1.807, 2.05) is 36.7 Å². The van der Waals surface area contributed by atoms with Crippen LogP contribution in [-0.4, -0.2) is 21.9 Å². The van der Waals surface area contributed by atoms with Gasteiger partial charge in [-0.15, -0.1) is 11.3 Å². The number of nitrogens with one attached hydrogen (secondary N) is 1. The maximum Gasteiger partial charge on any atom is 0.268 e. The quantitative estimate of drug-likeness (QED) is 0.801. The first-order valence-electron chi connectivity index (χ1n) is 6.41. The van der Waals surface area contributed by atoms with Crippen LogP contribution in [0.5, 0.6) is 0 Å². The van der Waals surface area contributed by atoms with E-state index in [2.05, 4.69) is 27.0 Å². The van der Waals surface area contributed by atoms with E-state index in [-0.39, 0.29) is 5.56 Å². The first-order valence-corrected chi connectivity index (χ1v) is 7.29. The third-order valence-electron chi connectivity index (χ3n) is 3.08. The van der Waals surface area contributed by atoms with Crippen LogP contribution in [0.3, 0.4) is 0 Å². The molecule has 0 fully saturated rings. The molecule has 0 saturated carbocycles. The molecule has 4 nitrogen and oxygen atoms in total. The fourth-order valence-corrected chi connectivity index (χ4v) is 2.93. The van der Waals surface area contributed by atoms with E-state index >= 15 is 0 Å². The average Bonchev–Trinajstić information content (AvgIpc) is 2.88. The molecule has 20 heavy (non-hydrogen) atoms. The summed E-state index contributed by atoms with van der Waals surface area (Å²) < 4.78 is 0.694. The van der Waals surface area contributed by atoms with Gasteiger partial charge in [0.05, 0.1) is 12.1 Å². The molecule has 0 aliphatic rings. The Morgan fingerprint density at radius 3 is 2.80 bits per heavy atom. The number of benzene rings is 1. The van der Waals surface area contributed by atoms with Crippen molar-refractivity contribution in [1.82, 2.24) is 14.9 Å². The summed E-state index contributed by atoms with van der Waals surface area (Å²) in [5.74, 6) is 0.708. The van der Waals surface area contributed by atoms with Crippen molar-refractivity contribution in [2.75, 3.05) is 7.05 Å². The summed E-state index contributed by atoms with van der Waals surface area (Å²) in [4.78, 5) is 21.4. The normalized spacial score (nSPS) is 11.3. The van der Waals surface area contributed by atoms with Crippen molar-refractivity contribution in [2.45, 2.75) is 13.1 Å². The lowest BCUT2D eigenvalue weighted by Gasteiger charge is -2.15. The second-order valence-electron chi connectivity index (χ2n) is 4.81.